The van der Waals surface area contributed by atoms with Gasteiger partial charge in [-0.3, -0.25) is 9.59 Å². The predicted molar refractivity (Wildman–Crippen MR) is 69.4 cm³/mol. The quantitative estimate of drug-likeness (QED) is 0.846. The molecule has 0 unspecified atom stereocenters. The monoisotopic (exact) mass is 263 g/mol. The molecule has 0 radical (unpaired) electrons. The zero-order valence-corrected chi connectivity index (χ0v) is 11.0. The fraction of sp³-hybridized carbons (Fsp3) is 0.429. The minimum atomic E-state index is -0.839. The molecule has 19 heavy (non-hydrogen) atoms. The molecule has 5 nitrogen and oxygen atoms in total. The Morgan fingerprint density at radius 3 is 2.63 bits per heavy atom. The Kier molecular flexibility index (Phi) is 3.46. The summed E-state index contributed by atoms with van der Waals surface area (Å²) in [5.74, 6) is -0.466. The minimum absolute atomic E-state index is 0.178. The Labute approximate surface area is 111 Å². The Morgan fingerprint density at radius 2 is 2.11 bits per heavy atom. The summed E-state index contributed by atoms with van der Waals surface area (Å²) >= 11 is 0. The summed E-state index contributed by atoms with van der Waals surface area (Å²) in [5.41, 5.74) is 0.677. The summed E-state index contributed by atoms with van der Waals surface area (Å²) in [4.78, 5) is 23.0. The van der Waals surface area contributed by atoms with E-state index in [1.54, 1.807) is 25.3 Å². The van der Waals surface area contributed by atoms with Gasteiger partial charge in [-0.25, -0.2) is 0 Å². The van der Waals surface area contributed by atoms with Gasteiger partial charge in [0.1, 0.15) is 5.75 Å². The highest BCUT2D eigenvalue weighted by Gasteiger charge is 2.50. The van der Waals surface area contributed by atoms with Gasteiger partial charge in [0.2, 0.25) is 0 Å². The van der Waals surface area contributed by atoms with Crippen molar-refractivity contribution in [3.63, 3.8) is 0 Å². The Balaban J connectivity index is 2.02. The second-order valence-electron chi connectivity index (χ2n) is 4.95. The summed E-state index contributed by atoms with van der Waals surface area (Å²) in [6.07, 6.45) is 1.25. The number of carboxylic acid groups (broad SMARTS) is 1. The highest BCUT2D eigenvalue weighted by molar-refractivity contribution is 5.95. The third-order valence-electron chi connectivity index (χ3n) is 3.56. The average molecular weight is 263 g/mol. The van der Waals surface area contributed by atoms with Gasteiger partial charge in [0.05, 0.1) is 12.5 Å². The molecule has 1 fully saturated rings. The second-order valence-corrected chi connectivity index (χ2v) is 4.95. The molecule has 2 N–H and O–H groups in total. The van der Waals surface area contributed by atoms with Crippen LogP contribution in [0.1, 0.15) is 28.8 Å². The molecule has 1 amide bonds. The number of aliphatic carboxylic acids is 1. The number of carbonyl (C=O) groups is 2. The van der Waals surface area contributed by atoms with E-state index in [-0.39, 0.29) is 12.5 Å². The van der Waals surface area contributed by atoms with Gasteiger partial charge in [0.15, 0.2) is 0 Å². The lowest BCUT2D eigenvalue weighted by atomic mass is 10.1. The standard InChI is InChI=1S/C14H17NO4/c1-9-3-4-10(7-11(9)19-2)12(16)15-8-14(5-6-14)13(17)18/h3-4,7H,5-6,8H2,1-2H3,(H,15,16)(H,17,18). The van der Waals surface area contributed by atoms with Crippen LogP contribution < -0.4 is 10.1 Å². The molecule has 1 aromatic rings. The van der Waals surface area contributed by atoms with Crippen molar-refractivity contribution >= 4 is 11.9 Å². The molecule has 1 aromatic carbocycles. The fourth-order valence-electron chi connectivity index (χ4n) is 1.93. The Bertz CT molecular complexity index is 520. The largest absolute Gasteiger partial charge is 0.496 e. The summed E-state index contributed by atoms with van der Waals surface area (Å²) in [6, 6.07) is 5.16. The van der Waals surface area contributed by atoms with Crippen molar-refractivity contribution in [2.24, 2.45) is 5.41 Å². The van der Waals surface area contributed by atoms with E-state index in [1.807, 2.05) is 6.92 Å². The molecule has 0 aliphatic heterocycles. The molecule has 1 aliphatic carbocycles. The van der Waals surface area contributed by atoms with Gasteiger partial charge in [-0.1, -0.05) is 6.07 Å². The van der Waals surface area contributed by atoms with Crippen molar-refractivity contribution < 1.29 is 19.4 Å². The van der Waals surface area contributed by atoms with E-state index in [9.17, 15) is 9.59 Å². The third-order valence-corrected chi connectivity index (χ3v) is 3.56. The number of ether oxygens (including phenoxy) is 1. The number of nitrogens with one attached hydrogen (secondary N) is 1. The van der Waals surface area contributed by atoms with E-state index in [2.05, 4.69) is 5.32 Å². The van der Waals surface area contributed by atoms with Gasteiger partial charge in [0.25, 0.3) is 5.91 Å². The van der Waals surface area contributed by atoms with Gasteiger partial charge in [-0.15, -0.1) is 0 Å². The van der Waals surface area contributed by atoms with Crippen molar-refractivity contribution in [3.05, 3.63) is 29.3 Å². The fourth-order valence-corrected chi connectivity index (χ4v) is 1.93. The van der Waals surface area contributed by atoms with Crippen LogP contribution in [0, 0.1) is 12.3 Å². The molecule has 2 rings (SSSR count). The smallest absolute Gasteiger partial charge is 0.311 e. The van der Waals surface area contributed by atoms with Gasteiger partial charge in [0, 0.05) is 12.1 Å². The molecule has 0 saturated heterocycles. The Morgan fingerprint density at radius 1 is 1.42 bits per heavy atom. The molecule has 0 bridgehead atoms. The van der Waals surface area contributed by atoms with Gasteiger partial charge < -0.3 is 15.2 Å². The topological polar surface area (TPSA) is 75.6 Å². The SMILES string of the molecule is COc1cc(C(=O)NCC2(C(=O)O)CC2)ccc1C. The highest BCUT2D eigenvalue weighted by Crippen LogP contribution is 2.45. The first-order valence-corrected chi connectivity index (χ1v) is 6.15. The van der Waals surface area contributed by atoms with E-state index in [0.717, 1.165) is 5.56 Å². The molecule has 102 valence electrons. The van der Waals surface area contributed by atoms with Crippen LogP contribution >= 0.6 is 0 Å². The number of rotatable bonds is 5. The molecular weight excluding hydrogens is 246 g/mol. The summed E-state index contributed by atoms with van der Waals surface area (Å²) < 4.78 is 5.16. The summed E-state index contributed by atoms with van der Waals surface area (Å²) in [5, 5.41) is 11.7. The first kappa shape index (κ1) is 13.4. The minimum Gasteiger partial charge on any atom is -0.496 e. The maximum Gasteiger partial charge on any atom is 0.311 e. The van der Waals surface area contributed by atoms with E-state index in [0.29, 0.717) is 24.2 Å². The van der Waals surface area contributed by atoms with Crippen LogP contribution in [0.2, 0.25) is 0 Å². The van der Waals surface area contributed by atoms with E-state index in [4.69, 9.17) is 9.84 Å². The van der Waals surface area contributed by atoms with Crippen molar-refractivity contribution in [2.45, 2.75) is 19.8 Å². The predicted octanol–water partition coefficient (Wildman–Crippen LogP) is 1.60. The van der Waals surface area contributed by atoms with Crippen LogP contribution in [0.3, 0.4) is 0 Å². The van der Waals surface area contributed by atoms with E-state index in [1.165, 1.54) is 0 Å². The van der Waals surface area contributed by atoms with Crippen molar-refractivity contribution in [3.8, 4) is 5.75 Å². The first-order valence-electron chi connectivity index (χ1n) is 6.15. The lowest BCUT2D eigenvalue weighted by Crippen LogP contribution is -2.34. The highest BCUT2D eigenvalue weighted by atomic mass is 16.5. The van der Waals surface area contributed by atoms with Crippen LogP contribution in [-0.4, -0.2) is 30.6 Å². The van der Waals surface area contributed by atoms with Gasteiger partial charge in [-0.2, -0.15) is 0 Å². The molecule has 5 heteroatoms. The van der Waals surface area contributed by atoms with E-state index < -0.39 is 11.4 Å². The molecule has 0 heterocycles. The van der Waals surface area contributed by atoms with Crippen molar-refractivity contribution in [1.29, 1.82) is 0 Å². The van der Waals surface area contributed by atoms with Gasteiger partial charge >= 0.3 is 5.97 Å². The number of amides is 1. The number of hydrogen-bond donors (Lipinski definition) is 2. The zero-order valence-electron chi connectivity index (χ0n) is 11.0. The molecule has 0 aromatic heterocycles. The molecule has 1 aliphatic rings. The number of methoxy groups -OCH3 is 1. The maximum atomic E-state index is 12.0. The van der Waals surface area contributed by atoms with Gasteiger partial charge in [-0.05, 0) is 37.5 Å². The number of carboxylic acids is 1. The van der Waals surface area contributed by atoms with Crippen molar-refractivity contribution in [2.75, 3.05) is 13.7 Å². The molecule has 0 atom stereocenters. The second kappa shape index (κ2) is 4.91. The number of hydrogen-bond acceptors (Lipinski definition) is 3. The molecule has 1 saturated carbocycles. The van der Waals surface area contributed by atoms with E-state index >= 15 is 0 Å². The average Bonchev–Trinajstić information content (AvgIpc) is 3.17. The zero-order chi connectivity index (χ0) is 14.0. The molecule has 0 spiro atoms. The Hall–Kier alpha value is -2.04. The third kappa shape index (κ3) is 2.70. The maximum absolute atomic E-state index is 12.0. The molecular formula is C14H17NO4. The van der Waals surface area contributed by atoms with Crippen LogP contribution in [0.5, 0.6) is 5.75 Å². The summed E-state index contributed by atoms with van der Waals surface area (Å²) in [6.45, 7) is 2.07. The van der Waals surface area contributed by atoms with Crippen LogP contribution in [0.25, 0.3) is 0 Å². The summed E-state index contributed by atoms with van der Waals surface area (Å²) in [7, 11) is 1.55. The normalized spacial score (nSPS) is 15.7. The first-order chi connectivity index (χ1) is 8.98. The number of benzene rings is 1. The number of carbonyl (C=O) groups excluding carboxylic acids is 1. The lowest BCUT2D eigenvalue weighted by Gasteiger charge is -2.12. The van der Waals surface area contributed by atoms with Crippen molar-refractivity contribution in [1.82, 2.24) is 5.32 Å². The van der Waals surface area contributed by atoms with Crippen LogP contribution in [0.15, 0.2) is 18.2 Å². The van der Waals surface area contributed by atoms with Crippen LogP contribution in [0.4, 0.5) is 0 Å². The van der Waals surface area contributed by atoms with Crippen LogP contribution in [-0.2, 0) is 4.79 Å². The number of aryl methyl sites for hydroxylation is 1. The lowest BCUT2D eigenvalue weighted by molar-refractivity contribution is -0.143.